The van der Waals surface area contributed by atoms with Gasteiger partial charge in [-0.3, -0.25) is 14.4 Å². The summed E-state index contributed by atoms with van der Waals surface area (Å²) in [6.07, 6.45) is -0.0932. The van der Waals surface area contributed by atoms with E-state index in [1.165, 1.54) is 12.1 Å². The fourth-order valence-corrected chi connectivity index (χ4v) is 1.96. The Bertz CT molecular complexity index is 559. The number of benzene rings is 1. The van der Waals surface area contributed by atoms with Crippen LogP contribution in [0.1, 0.15) is 17.9 Å². The summed E-state index contributed by atoms with van der Waals surface area (Å²) in [5.41, 5.74) is 0.718. The van der Waals surface area contributed by atoms with E-state index in [2.05, 4.69) is 10.6 Å². The number of hydrogen-bond donors (Lipinski definition) is 3. The Balaban J connectivity index is 2.25. The van der Waals surface area contributed by atoms with Crippen LogP contribution in [0.4, 0.5) is 10.1 Å². The zero-order chi connectivity index (χ0) is 14.0. The van der Waals surface area contributed by atoms with Crippen molar-refractivity contribution in [1.82, 2.24) is 5.32 Å². The fraction of sp³-hybridized carbons (Fsp3) is 0.250. The van der Waals surface area contributed by atoms with Gasteiger partial charge < -0.3 is 15.7 Å². The second-order valence-corrected chi connectivity index (χ2v) is 4.15. The summed E-state index contributed by atoms with van der Waals surface area (Å²) in [7, 11) is 0. The first-order valence-electron chi connectivity index (χ1n) is 5.56. The molecule has 1 aromatic rings. The molecule has 0 fully saturated rings. The van der Waals surface area contributed by atoms with Gasteiger partial charge in [0.2, 0.25) is 11.8 Å². The highest BCUT2D eigenvalue weighted by atomic mass is 19.1. The second-order valence-electron chi connectivity index (χ2n) is 4.15. The highest BCUT2D eigenvalue weighted by Gasteiger charge is 2.30. The Morgan fingerprint density at radius 1 is 1.47 bits per heavy atom. The lowest BCUT2D eigenvalue weighted by atomic mass is 9.89. The van der Waals surface area contributed by atoms with Crippen molar-refractivity contribution in [2.75, 3.05) is 11.9 Å². The van der Waals surface area contributed by atoms with Crippen molar-refractivity contribution in [2.24, 2.45) is 0 Å². The summed E-state index contributed by atoms with van der Waals surface area (Å²) in [6.45, 7) is -0.520. The zero-order valence-electron chi connectivity index (χ0n) is 9.77. The van der Waals surface area contributed by atoms with Gasteiger partial charge in [0.1, 0.15) is 12.4 Å². The molecule has 7 heteroatoms. The number of fused-ring (bicyclic) bond motifs is 1. The summed E-state index contributed by atoms with van der Waals surface area (Å²) in [6, 6.07) is 3.73. The van der Waals surface area contributed by atoms with E-state index >= 15 is 0 Å². The van der Waals surface area contributed by atoms with Crippen molar-refractivity contribution in [1.29, 1.82) is 0 Å². The molecule has 0 bridgehead atoms. The van der Waals surface area contributed by atoms with Gasteiger partial charge in [0.15, 0.2) is 0 Å². The number of halogens is 1. The highest BCUT2D eigenvalue weighted by molar-refractivity contribution is 6.01. The fourth-order valence-electron chi connectivity index (χ4n) is 1.96. The molecule has 0 aliphatic carbocycles. The smallest absolute Gasteiger partial charge is 0.322 e. The lowest BCUT2D eigenvalue weighted by molar-refractivity contribution is -0.138. The van der Waals surface area contributed by atoms with Gasteiger partial charge in [-0.1, -0.05) is 6.07 Å². The third-order valence-corrected chi connectivity index (χ3v) is 2.78. The molecular weight excluding hydrogens is 255 g/mol. The third-order valence-electron chi connectivity index (χ3n) is 2.78. The van der Waals surface area contributed by atoms with Crippen LogP contribution < -0.4 is 10.6 Å². The largest absolute Gasteiger partial charge is 0.480 e. The van der Waals surface area contributed by atoms with Crippen LogP contribution in [0.5, 0.6) is 0 Å². The summed E-state index contributed by atoms with van der Waals surface area (Å²) >= 11 is 0. The van der Waals surface area contributed by atoms with Crippen LogP contribution in [-0.4, -0.2) is 29.4 Å². The number of carboxylic acids is 1. The molecule has 0 saturated carbocycles. The standard InChI is InChI=1S/C12H11FN2O4/c13-6-1-2-7-8(12(19)14-5-11(17)18)4-10(16)15-9(7)3-6/h1-3,8H,4-5H2,(H,14,19)(H,15,16)(H,17,18). The topological polar surface area (TPSA) is 95.5 Å². The summed E-state index contributed by atoms with van der Waals surface area (Å²) in [5.74, 6) is -3.47. The van der Waals surface area contributed by atoms with E-state index < -0.39 is 36.1 Å². The summed E-state index contributed by atoms with van der Waals surface area (Å²) in [5, 5.41) is 13.2. The Morgan fingerprint density at radius 3 is 2.89 bits per heavy atom. The molecule has 1 atom stereocenters. The minimum atomic E-state index is -1.17. The van der Waals surface area contributed by atoms with Crippen LogP contribution in [0.15, 0.2) is 18.2 Å². The molecule has 19 heavy (non-hydrogen) atoms. The van der Waals surface area contributed by atoms with Crippen molar-refractivity contribution in [3.8, 4) is 0 Å². The highest BCUT2D eigenvalue weighted by Crippen LogP contribution is 2.32. The van der Waals surface area contributed by atoms with E-state index in [0.717, 1.165) is 6.07 Å². The number of anilines is 1. The van der Waals surface area contributed by atoms with Crippen molar-refractivity contribution >= 4 is 23.5 Å². The molecule has 0 aromatic heterocycles. The summed E-state index contributed by atoms with van der Waals surface area (Å²) < 4.78 is 13.1. The molecule has 1 aromatic carbocycles. The van der Waals surface area contributed by atoms with Crippen LogP contribution >= 0.6 is 0 Å². The van der Waals surface area contributed by atoms with Gasteiger partial charge in [0.25, 0.3) is 0 Å². The van der Waals surface area contributed by atoms with Crippen LogP contribution in [-0.2, 0) is 14.4 Å². The maximum atomic E-state index is 13.1. The van der Waals surface area contributed by atoms with E-state index in [-0.39, 0.29) is 12.1 Å². The number of carbonyl (C=O) groups excluding carboxylic acids is 2. The molecule has 1 aliphatic heterocycles. The van der Waals surface area contributed by atoms with Gasteiger partial charge in [0.05, 0.1) is 5.92 Å². The van der Waals surface area contributed by atoms with Crippen LogP contribution in [0.3, 0.4) is 0 Å². The van der Waals surface area contributed by atoms with Gasteiger partial charge in [0, 0.05) is 12.1 Å². The van der Waals surface area contributed by atoms with Gasteiger partial charge >= 0.3 is 5.97 Å². The molecule has 2 rings (SSSR count). The predicted octanol–water partition coefficient (Wildman–Crippen LogP) is 0.452. The Morgan fingerprint density at radius 2 is 2.21 bits per heavy atom. The van der Waals surface area contributed by atoms with E-state index in [0.29, 0.717) is 5.56 Å². The van der Waals surface area contributed by atoms with Crippen LogP contribution in [0, 0.1) is 5.82 Å². The van der Waals surface area contributed by atoms with E-state index in [9.17, 15) is 18.8 Å². The summed E-state index contributed by atoms with van der Waals surface area (Å²) in [4.78, 5) is 33.7. The van der Waals surface area contributed by atoms with E-state index in [1.54, 1.807) is 0 Å². The lowest BCUT2D eigenvalue weighted by Crippen LogP contribution is -2.37. The van der Waals surface area contributed by atoms with Gasteiger partial charge in [-0.25, -0.2) is 4.39 Å². The molecule has 0 saturated heterocycles. The number of amides is 2. The Labute approximate surface area is 107 Å². The Hall–Kier alpha value is -2.44. The normalized spacial score (nSPS) is 17.3. The van der Waals surface area contributed by atoms with Gasteiger partial charge in [-0.05, 0) is 17.7 Å². The first kappa shape index (κ1) is 13.0. The molecule has 3 N–H and O–H groups in total. The van der Waals surface area contributed by atoms with Crippen LogP contribution in [0.25, 0.3) is 0 Å². The van der Waals surface area contributed by atoms with E-state index in [1.807, 2.05) is 0 Å². The number of carboxylic acid groups (broad SMARTS) is 1. The van der Waals surface area contributed by atoms with Crippen LogP contribution in [0.2, 0.25) is 0 Å². The maximum absolute atomic E-state index is 13.1. The number of rotatable bonds is 3. The number of hydrogen-bond acceptors (Lipinski definition) is 3. The van der Waals surface area contributed by atoms with Crippen molar-refractivity contribution in [3.05, 3.63) is 29.6 Å². The molecule has 1 heterocycles. The molecule has 100 valence electrons. The van der Waals surface area contributed by atoms with E-state index in [4.69, 9.17) is 5.11 Å². The molecule has 6 nitrogen and oxygen atoms in total. The SMILES string of the molecule is O=C(O)CNC(=O)C1CC(=O)Nc2cc(F)ccc21. The molecule has 2 amide bonds. The van der Waals surface area contributed by atoms with Crippen molar-refractivity contribution < 1.29 is 23.9 Å². The number of nitrogens with one attached hydrogen (secondary N) is 2. The minimum Gasteiger partial charge on any atom is -0.480 e. The monoisotopic (exact) mass is 266 g/mol. The maximum Gasteiger partial charge on any atom is 0.322 e. The molecule has 1 unspecified atom stereocenters. The second kappa shape index (κ2) is 5.05. The molecule has 0 spiro atoms. The first-order chi connectivity index (χ1) is 8.97. The number of carbonyl (C=O) groups is 3. The number of aliphatic carboxylic acids is 1. The van der Waals surface area contributed by atoms with Crippen molar-refractivity contribution in [2.45, 2.75) is 12.3 Å². The van der Waals surface area contributed by atoms with Crippen molar-refractivity contribution in [3.63, 3.8) is 0 Å². The third kappa shape index (κ3) is 2.87. The average Bonchev–Trinajstić information content (AvgIpc) is 2.34. The first-order valence-corrected chi connectivity index (χ1v) is 5.56. The predicted molar refractivity (Wildman–Crippen MR) is 63.0 cm³/mol. The quantitative estimate of drug-likeness (QED) is 0.740. The molecule has 1 aliphatic rings. The molecular formula is C12H11FN2O4. The molecule has 0 radical (unpaired) electrons. The lowest BCUT2D eigenvalue weighted by Gasteiger charge is -2.24. The average molecular weight is 266 g/mol. The minimum absolute atomic E-state index is 0.0932. The zero-order valence-corrected chi connectivity index (χ0v) is 9.77. The van der Waals surface area contributed by atoms with Gasteiger partial charge in [-0.15, -0.1) is 0 Å². The van der Waals surface area contributed by atoms with Gasteiger partial charge in [-0.2, -0.15) is 0 Å². The Kier molecular flexibility index (Phi) is 3.46.